The van der Waals surface area contributed by atoms with Crippen LogP contribution in [0, 0.1) is 17.6 Å². The molecule has 0 saturated heterocycles. The second-order valence-electron chi connectivity index (χ2n) is 10.8. The molecule has 3 rings (SSSR count). The third kappa shape index (κ3) is 9.00. The van der Waals surface area contributed by atoms with Crippen LogP contribution in [0.2, 0.25) is 0 Å². The topological polar surface area (TPSA) is 67.8 Å². The van der Waals surface area contributed by atoms with Crippen molar-refractivity contribution < 1.29 is 28.2 Å². The molecule has 2 aromatic carbocycles. The Hall–Kier alpha value is -2.61. The summed E-state index contributed by atoms with van der Waals surface area (Å²) in [6.45, 7) is 8.50. The third-order valence-electron chi connectivity index (χ3n) is 6.97. The maximum Gasteiger partial charge on any atom is 0.306 e. The zero-order valence-corrected chi connectivity index (χ0v) is 22.9. The van der Waals surface area contributed by atoms with Gasteiger partial charge in [-0.05, 0) is 93.7 Å². The Bertz CT molecular complexity index is 1080. The minimum Gasteiger partial charge on any atom is -0.466 e. The van der Waals surface area contributed by atoms with Crippen molar-refractivity contribution in [2.24, 2.45) is 5.92 Å². The fourth-order valence-electron chi connectivity index (χ4n) is 5.11. The predicted octanol–water partition coefficient (Wildman–Crippen LogP) is 5.93. The van der Waals surface area contributed by atoms with E-state index in [9.17, 15) is 18.7 Å². The predicted molar refractivity (Wildman–Crippen MR) is 146 cm³/mol. The van der Waals surface area contributed by atoms with E-state index in [0.717, 1.165) is 31.4 Å². The van der Waals surface area contributed by atoms with Crippen LogP contribution in [0.25, 0.3) is 6.08 Å². The molecule has 1 aliphatic carbocycles. The number of aliphatic hydroxyl groups excluding tert-OH is 1. The number of β-amino-alcohol motifs (C(OH)–C–C–N with tert-alkyl or cyclic N) is 1. The quantitative estimate of drug-likeness (QED) is 0.297. The van der Waals surface area contributed by atoms with Crippen LogP contribution in [-0.4, -0.2) is 42.5 Å². The van der Waals surface area contributed by atoms with E-state index in [4.69, 9.17) is 9.47 Å². The summed E-state index contributed by atoms with van der Waals surface area (Å²) in [4.78, 5) is 11.5. The highest BCUT2D eigenvalue weighted by molar-refractivity contribution is 5.69. The van der Waals surface area contributed by atoms with Crippen molar-refractivity contribution >= 4 is 12.0 Å². The van der Waals surface area contributed by atoms with Gasteiger partial charge in [0.15, 0.2) is 11.6 Å². The lowest BCUT2D eigenvalue weighted by molar-refractivity contribution is -0.143. The number of nitrogens with one attached hydrogen (secondary N) is 1. The molecule has 2 atom stereocenters. The van der Waals surface area contributed by atoms with Crippen LogP contribution in [0.3, 0.4) is 0 Å². The zero-order chi connectivity index (χ0) is 27.7. The van der Waals surface area contributed by atoms with Gasteiger partial charge in [0, 0.05) is 18.5 Å². The minimum atomic E-state index is -0.961. The number of rotatable bonds is 14. The van der Waals surface area contributed by atoms with Gasteiger partial charge in [0.2, 0.25) is 0 Å². The van der Waals surface area contributed by atoms with Gasteiger partial charge in [-0.2, -0.15) is 0 Å². The molecular formula is C31H41F2NO4. The third-order valence-corrected chi connectivity index (χ3v) is 6.97. The Balaban J connectivity index is 1.49. The van der Waals surface area contributed by atoms with Gasteiger partial charge < -0.3 is 19.9 Å². The smallest absolute Gasteiger partial charge is 0.306 e. The SMILES string of the molecule is CCOC(=O)CC/C=C/c1cc(F)c(F)cc1[C@@H](C)OC[C@H](O)CNC(C)(C)CC1Cc2ccccc2C1. The van der Waals surface area contributed by atoms with Gasteiger partial charge in [-0.25, -0.2) is 8.78 Å². The van der Waals surface area contributed by atoms with Crippen molar-refractivity contribution in [3.05, 3.63) is 76.4 Å². The van der Waals surface area contributed by atoms with Gasteiger partial charge in [0.05, 0.1) is 25.4 Å². The van der Waals surface area contributed by atoms with Crippen molar-refractivity contribution in [2.75, 3.05) is 19.8 Å². The van der Waals surface area contributed by atoms with E-state index >= 15 is 0 Å². The first-order valence-corrected chi connectivity index (χ1v) is 13.5. The number of esters is 1. The maximum absolute atomic E-state index is 14.0. The molecule has 2 N–H and O–H groups in total. The zero-order valence-electron chi connectivity index (χ0n) is 22.9. The first-order valence-electron chi connectivity index (χ1n) is 13.5. The molecule has 0 bridgehead atoms. The first-order chi connectivity index (χ1) is 18.1. The fourth-order valence-corrected chi connectivity index (χ4v) is 5.11. The molecule has 0 radical (unpaired) electrons. The van der Waals surface area contributed by atoms with Crippen LogP contribution in [0.1, 0.15) is 75.3 Å². The molecule has 208 valence electrons. The van der Waals surface area contributed by atoms with Crippen LogP contribution < -0.4 is 5.32 Å². The number of carbonyl (C=O) groups excluding carboxylic acids is 1. The molecule has 38 heavy (non-hydrogen) atoms. The number of halogens is 2. The van der Waals surface area contributed by atoms with Crippen LogP contribution >= 0.6 is 0 Å². The van der Waals surface area contributed by atoms with Crippen LogP contribution in [0.5, 0.6) is 0 Å². The average Bonchev–Trinajstić information content (AvgIpc) is 3.27. The van der Waals surface area contributed by atoms with Crippen molar-refractivity contribution in [1.82, 2.24) is 5.32 Å². The Kier molecular flexibility index (Phi) is 11.0. The van der Waals surface area contributed by atoms with Crippen LogP contribution in [0.4, 0.5) is 8.78 Å². The van der Waals surface area contributed by atoms with E-state index in [1.165, 1.54) is 11.1 Å². The lowest BCUT2D eigenvalue weighted by atomic mass is 9.88. The molecule has 0 amide bonds. The summed E-state index contributed by atoms with van der Waals surface area (Å²) in [6.07, 6.45) is 5.82. The molecule has 7 heteroatoms. The van der Waals surface area contributed by atoms with Crippen LogP contribution in [-0.2, 0) is 27.1 Å². The highest BCUT2D eigenvalue weighted by Crippen LogP contribution is 2.32. The second kappa shape index (κ2) is 14.0. The average molecular weight is 530 g/mol. The molecule has 0 heterocycles. The Morgan fingerprint density at radius 1 is 1.18 bits per heavy atom. The van der Waals surface area contributed by atoms with Gasteiger partial charge >= 0.3 is 5.97 Å². The molecule has 1 aliphatic rings. The summed E-state index contributed by atoms with van der Waals surface area (Å²) in [5.74, 6) is -1.65. The molecular weight excluding hydrogens is 488 g/mol. The Labute approximate surface area is 225 Å². The summed E-state index contributed by atoms with van der Waals surface area (Å²) in [5, 5.41) is 14.0. The number of hydrogen-bond donors (Lipinski definition) is 2. The van der Waals surface area contributed by atoms with E-state index < -0.39 is 23.8 Å². The first kappa shape index (κ1) is 29.9. The highest BCUT2D eigenvalue weighted by Gasteiger charge is 2.28. The van der Waals surface area contributed by atoms with Crippen LogP contribution in [0.15, 0.2) is 42.5 Å². The number of aliphatic hydroxyl groups is 1. The number of fused-ring (bicyclic) bond motifs is 1. The Morgan fingerprint density at radius 3 is 2.50 bits per heavy atom. The van der Waals surface area contributed by atoms with Gasteiger partial charge in [0.25, 0.3) is 0 Å². The van der Waals surface area contributed by atoms with Crippen molar-refractivity contribution in [3.63, 3.8) is 0 Å². The van der Waals surface area contributed by atoms with E-state index in [-0.39, 0.29) is 24.5 Å². The number of allylic oxidation sites excluding steroid dienone is 1. The Morgan fingerprint density at radius 2 is 1.84 bits per heavy atom. The summed E-state index contributed by atoms with van der Waals surface area (Å²) in [5.41, 5.74) is 3.65. The monoisotopic (exact) mass is 529 g/mol. The molecule has 0 unspecified atom stereocenters. The highest BCUT2D eigenvalue weighted by atomic mass is 19.2. The summed E-state index contributed by atoms with van der Waals surface area (Å²) in [7, 11) is 0. The van der Waals surface area contributed by atoms with Crippen molar-refractivity contribution in [1.29, 1.82) is 0 Å². The van der Waals surface area contributed by atoms with Gasteiger partial charge in [-0.15, -0.1) is 0 Å². The molecule has 2 aromatic rings. The van der Waals surface area contributed by atoms with E-state index in [1.54, 1.807) is 26.0 Å². The standard InChI is InChI=1S/C31H41F2NO4/c1-5-37-30(36)13-9-8-12-25-16-28(32)29(33)17-27(25)21(2)38-20-26(35)19-34-31(3,4)18-22-14-23-10-6-7-11-24(23)15-22/h6-8,10-12,16-17,21-22,26,34-35H,5,9,13-15,18-20H2,1-4H3/b12-8+/t21-,26-/m1/s1. The number of carbonyl (C=O) groups is 1. The number of ether oxygens (including phenoxy) is 2. The van der Waals surface area contributed by atoms with E-state index in [1.807, 2.05) is 0 Å². The van der Waals surface area contributed by atoms with Gasteiger partial charge in [-0.1, -0.05) is 36.4 Å². The molecule has 0 fully saturated rings. The minimum absolute atomic E-state index is 0.0458. The fraction of sp³-hybridized carbons (Fsp3) is 0.516. The summed E-state index contributed by atoms with van der Waals surface area (Å²) in [6, 6.07) is 10.8. The van der Waals surface area contributed by atoms with Crippen molar-refractivity contribution in [2.45, 2.75) is 77.5 Å². The van der Waals surface area contributed by atoms with Gasteiger partial charge in [-0.3, -0.25) is 4.79 Å². The number of benzene rings is 2. The molecule has 5 nitrogen and oxygen atoms in total. The number of hydrogen-bond acceptors (Lipinski definition) is 5. The second-order valence-corrected chi connectivity index (χ2v) is 10.8. The van der Waals surface area contributed by atoms with E-state index in [0.29, 0.717) is 36.6 Å². The normalized spacial score (nSPS) is 15.6. The molecule has 0 aliphatic heterocycles. The lowest BCUT2D eigenvalue weighted by Crippen LogP contribution is -2.45. The van der Waals surface area contributed by atoms with Crippen molar-refractivity contribution in [3.8, 4) is 0 Å². The lowest BCUT2D eigenvalue weighted by Gasteiger charge is -2.31. The summed E-state index contributed by atoms with van der Waals surface area (Å²) < 4.78 is 38.7. The summed E-state index contributed by atoms with van der Waals surface area (Å²) >= 11 is 0. The molecule has 0 aromatic heterocycles. The maximum atomic E-state index is 14.0. The van der Waals surface area contributed by atoms with Gasteiger partial charge in [0.1, 0.15) is 0 Å². The largest absolute Gasteiger partial charge is 0.466 e. The molecule has 0 saturated carbocycles. The molecule has 0 spiro atoms. The van der Waals surface area contributed by atoms with E-state index in [2.05, 4.69) is 43.4 Å².